The Morgan fingerprint density at radius 1 is 1.21 bits per heavy atom. The molecule has 8 heteroatoms. The molecule has 150 valence electrons. The highest BCUT2D eigenvalue weighted by molar-refractivity contribution is 6.31. The number of hydrogen-bond donors (Lipinski definition) is 1. The van der Waals surface area contributed by atoms with E-state index in [1.165, 1.54) is 0 Å². The van der Waals surface area contributed by atoms with Crippen LogP contribution in [0.3, 0.4) is 0 Å². The van der Waals surface area contributed by atoms with Gasteiger partial charge in [-0.3, -0.25) is 9.20 Å². The van der Waals surface area contributed by atoms with Gasteiger partial charge in [0.25, 0.3) is 0 Å². The van der Waals surface area contributed by atoms with Crippen molar-refractivity contribution in [3.05, 3.63) is 29.0 Å². The highest BCUT2D eigenvalue weighted by Gasteiger charge is 2.16. The van der Waals surface area contributed by atoms with Gasteiger partial charge in [-0.2, -0.15) is 0 Å². The SMILES string of the molecule is Cc1nnc2c(NCCCCCC(=O)OC(C)(C)C)nc3cc(Cl)ccc3n12. The number of ether oxygens (including phenoxy) is 1. The van der Waals surface area contributed by atoms with Crippen LogP contribution in [-0.4, -0.2) is 37.7 Å². The van der Waals surface area contributed by atoms with Crippen molar-refractivity contribution in [2.45, 2.75) is 59.0 Å². The molecule has 0 atom stereocenters. The van der Waals surface area contributed by atoms with Crippen LogP contribution in [0.5, 0.6) is 0 Å². The van der Waals surface area contributed by atoms with E-state index < -0.39 is 5.60 Å². The largest absolute Gasteiger partial charge is 0.460 e. The van der Waals surface area contributed by atoms with Crippen molar-refractivity contribution >= 4 is 40.1 Å². The van der Waals surface area contributed by atoms with Crippen LogP contribution in [0.15, 0.2) is 18.2 Å². The molecule has 1 aromatic carbocycles. The van der Waals surface area contributed by atoms with E-state index >= 15 is 0 Å². The summed E-state index contributed by atoms with van der Waals surface area (Å²) in [5.74, 6) is 1.34. The van der Waals surface area contributed by atoms with Gasteiger partial charge in [-0.1, -0.05) is 18.0 Å². The van der Waals surface area contributed by atoms with Crippen LogP contribution >= 0.6 is 11.6 Å². The van der Waals surface area contributed by atoms with Gasteiger partial charge in [-0.05, 0) is 58.7 Å². The van der Waals surface area contributed by atoms with Crippen molar-refractivity contribution in [1.82, 2.24) is 19.6 Å². The van der Waals surface area contributed by atoms with Crippen molar-refractivity contribution in [3.8, 4) is 0 Å². The van der Waals surface area contributed by atoms with Gasteiger partial charge in [0.1, 0.15) is 11.4 Å². The molecule has 1 N–H and O–H groups in total. The predicted molar refractivity (Wildman–Crippen MR) is 111 cm³/mol. The minimum absolute atomic E-state index is 0.144. The first-order valence-corrected chi connectivity index (χ1v) is 9.89. The van der Waals surface area contributed by atoms with E-state index in [0.29, 0.717) is 22.9 Å². The van der Waals surface area contributed by atoms with Crippen molar-refractivity contribution in [2.75, 3.05) is 11.9 Å². The minimum atomic E-state index is -0.426. The number of hydrogen-bond acceptors (Lipinski definition) is 6. The maximum absolute atomic E-state index is 11.7. The zero-order valence-corrected chi connectivity index (χ0v) is 17.5. The van der Waals surface area contributed by atoms with Crippen LogP contribution in [0.25, 0.3) is 16.7 Å². The lowest BCUT2D eigenvalue weighted by Gasteiger charge is -2.19. The fourth-order valence-electron chi connectivity index (χ4n) is 3.04. The van der Waals surface area contributed by atoms with E-state index in [-0.39, 0.29) is 5.97 Å². The number of benzene rings is 1. The van der Waals surface area contributed by atoms with Crippen LogP contribution in [0, 0.1) is 6.92 Å². The van der Waals surface area contributed by atoms with E-state index in [1.807, 2.05) is 50.3 Å². The van der Waals surface area contributed by atoms with Crippen molar-refractivity contribution in [1.29, 1.82) is 0 Å². The summed E-state index contributed by atoms with van der Waals surface area (Å²) in [6.45, 7) is 8.28. The number of fused-ring (bicyclic) bond motifs is 3. The van der Waals surface area contributed by atoms with Crippen LogP contribution in [0.4, 0.5) is 5.82 Å². The third kappa shape index (κ3) is 4.90. The highest BCUT2D eigenvalue weighted by atomic mass is 35.5. The second-order valence-electron chi connectivity index (χ2n) is 7.82. The number of nitrogens with one attached hydrogen (secondary N) is 1. The monoisotopic (exact) mass is 403 g/mol. The molecular weight excluding hydrogens is 378 g/mol. The molecule has 2 heterocycles. The van der Waals surface area contributed by atoms with Crippen LogP contribution in [0.1, 0.15) is 52.3 Å². The fourth-order valence-corrected chi connectivity index (χ4v) is 3.21. The molecule has 0 radical (unpaired) electrons. The number of carbonyl (C=O) groups is 1. The fraction of sp³-hybridized carbons (Fsp3) is 0.500. The number of carbonyl (C=O) groups excluding carboxylic acids is 1. The van der Waals surface area contributed by atoms with Gasteiger partial charge in [-0.25, -0.2) is 4.98 Å². The second kappa shape index (κ2) is 8.31. The Balaban J connectivity index is 1.59. The molecule has 28 heavy (non-hydrogen) atoms. The zero-order valence-electron chi connectivity index (χ0n) is 16.8. The predicted octanol–water partition coefficient (Wildman–Crippen LogP) is 4.55. The number of rotatable bonds is 7. The van der Waals surface area contributed by atoms with Gasteiger partial charge in [0.2, 0.25) is 5.65 Å². The van der Waals surface area contributed by atoms with Gasteiger partial charge < -0.3 is 10.1 Å². The van der Waals surface area contributed by atoms with Gasteiger partial charge in [-0.15, -0.1) is 10.2 Å². The third-order valence-corrected chi connectivity index (χ3v) is 4.45. The van der Waals surface area contributed by atoms with E-state index in [4.69, 9.17) is 16.3 Å². The molecule has 0 aliphatic heterocycles. The van der Waals surface area contributed by atoms with Crippen molar-refractivity contribution in [2.24, 2.45) is 0 Å². The average Bonchev–Trinajstić information content (AvgIpc) is 2.98. The third-order valence-electron chi connectivity index (χ3n) is 4.22. The van der Waals surface area contributed by atoms with Gasteiger partial charge in [0.15, 0.2) is 5.82 Å². The molecule has 0 saturated heterocycles. The number of nitrogens with zero attached hydrogens (tertiary/aromatic N) is 4. The molecule has 7 nitrogen and oxygen atoms in total. The molecule has 0 aliphatic rings. The Morgan fingerprint density at radius 3 is 2.75 bits per heavy atom. The Labute approximate surface area is 169 Å². The summed E-state index contributed by atoms with van der Waals surface area (Å²) in [7, 11) is 0. The summed E-state index contributed by atoms with van der Waals surface area (Å²) in [5.41, 5.74) is 1.98. The number of aryl methyl sites for hydroxylation is 1. The second-order valence-corrected chi connectivity index (χ2v) is 8.26. The standard InChI is InChI=1S/C20H26ClN5O2/c1-13-24-25-19-18(23-15-12-14(21)9-10-16(15)26(13)19)22-11-7-5-6-8-17(27)28-20(2,3)4/h9-10,12H,5-8,11H2,1-4H3,(H,22,23). The topological polar surface area (TPSA) is 81.4 Å². The normalized spacial score (nSPS) is 11.9. The number of aromatic nitrogens is 4. The van der Waals surface area contributed by atoms with Gasteiger partial charge in [0.05, 0.1) is 11.0 Å². The number of unbranched alkanes of at least 4 members (excludes halogenated alkanes) is 2. The lowest BCUT2D eigenvalue weighted by Crippen LogP contribution is -2.23. The van der Waals surface area contributed by atoms with Crippen LogP contribution < -0.4 is 5.32 Å². The minimum Gasteiger partial charge on any atom is -0.460 e. The molecule has 0 aliphatic carbocycles. The first-order chi connectivity index (χ1) is 13.2. The maximum Gasteiger partial charge on any atom is 0.306 e. The first kappa shape index (κ1) is 20.3. The Kier molecular flexibility index (Phi) is 6.03. The molecule has 2 aromatic heterocycles. The summed E-state index contributed by atoms with van der Waals surface area (Å²) < 4.78 is 7.30. The quantitative estimate of drug-likeness (QED) is 0.460. The smallest absolute Gasteiger partial charge is 0.306 e. The van der Waals surface area contributed by atoms with Crippen molar-refractivity contribution < 1.29 is 9.53 Å². The van der Waals surface area contributed by atoms with E-state index in [2.05, 4.69) is 20.5 Å². The lowest BCUT2D eigenvalue weighted by molar-refractivity contribution is -0.154. The van der Waals surface area contributed by atoms with Gasteiger partial charge in [0, 0.05) is 18.0 Å². The maximum atomic E-state index is 11.7. The summed E-state index contributed by atoms with van der Waals surface area (Å²) in [4.78, 5) is 16.4. The number of esters is 1. The Morgan fingerprint density at radius 2 is 2.00 bits per heavy atom. The molecule has 0 amide bonds. The van der Waals surface area contributed by atoms with E-state index in [1.54, 1.807) is 0 Å². The molecule has 0 spiro atoms. The first-order valence-electron chi connectivity index (χ1n) is 9.51. The number of anilines is 1. The highest BCUT2D eigenvalue weighted by Crippen LogP contribution is 2.24. The molecule has 3 aromatic rings. The Hall–Kier alpha value is -2.41. The summed E-state index contributed by atoms with van der Waals surface area (Å²) in [6.07, 6.45) is 3.08. The van der Waals surface area contributed by atoms with Gasteiger partial charge >= 0.3 is 5.97 Å². The molecule has 0 saturated carbocycles. The summed E-state index contributed by atoms with van der Waals surface area (Å²) in [6, 6.07) is 5.60. The van der Waals surface area contributed by atoms with E-state index in [0.717, 1.165) is 42.7 Å². The molecule has 0 fully saturated rings. The molecule has 3 rings (SSSR count). The lowest BCUT2D eigenvalue weighted by atomic mass is 10.1. The Bertz CT molecular complexity index is 994. The average molecular weight is 404 g/mol. The van der Waals surface area contributed by atoms with E-state index in [9.17, 15) is 4.79 Å². The molecule has 0 unspecified atom stereocenters. The number of halogens is 1. The van der Waals surface area contributed by atoms with Crippen LogP contribution in [0.2, 0.25) is 5.02 Å². The zero-order chi connectivity index (χ0) is 20.3. The summed E-state index contributed by atoms with van der Waals surface area (Å²) in [5, 5.41) is 12.4. The van der Waals surface area contributed by atoms with Crippen LogP contribution in [-0.2, 0) is 9.53 Å². The summed E-state index contributed by atoms with van der Waals surface area (Å²) >= 11 is 6.12. The molecular formula is C20H26ClN5O2. The molecule has 0 bridgehead atoms. The van der Waals surface area contributed by atoms with Crippen molar-refractivity contribution in [3.63, 3.8) is 0 Å².